The molecule has 1 aromatic heterocycles. The average Bonchev–Trinajstić information content (AvgIpc) is 2.95. The van der Waals surface area contributed by atoms with Crippen LogP contribution in [0.4, 0.5) is 0 Å². The number of aryl methyl sites for hydroxylation is 1. The summed E-state index contributed by atoms with van der Waals surface area (Å²) >= 11 is 1.66. The van der Waals surface area contributed by atoms with Gasteiger partial charge in [0.05, 0.1) is 15.9 Å². The van der Waals surface area contributed by atoms with E-state index < -0.39 is 10.0 Å². The van der Waals surface area contributed by atoms with Gasteiger partial charge in [-0.1, -0.05) is 55.4 Å². The molecule has 0 spiro atoms. The van der Waals surface area contributed by atoms with Crippen LogP contribution < -0.4 is 5.14 Å². The number of imidazole rings is 1. The highest BCUT2D eigenvalue weighted by Gasteiger charge is 2.15. The molecule has 0 bridgehead atoms. The van der Waals surface area contributed by atoms with Crippen LogP contribution in [-0.4, -0.2) is 18.0 Å². The largest absolute Gasteiger partial charge is 0.319 e. The standard InChI is InChI=1S/C18H21N3O2S2/c1-2-3-11-21-17-10-9-15(25(19,22)23)12-16(17)20-18(21)24-13-14-7-5-4-6-8-14/h4-10,12H,2-3,11,13H2,1H3,(H2,19,22,23). The smallest absolute Gasteiger partial charge is 0.238 e. The number of hydrogen-bond acceptors (Lipinski definition) is 4. The Hall–Kier alpha value is -1.83. The number of unbranched alkanes of at least 4 members (excludes halogenated alkanes) is 1. The summed E-state index contributed by atoms with van der Waals surface area (Å²) in [6.07, 6.45) is 2.12. The quantitative estimate of drug-likeness (QED) is 0.638. The van der Waals surface area contributed by atoms with E-state index in [2.05, 4.69) is 28.6 Å². The van der Waals surface area contributed by atoms with Crippen molar-refractivity contribution in [2.45, 2.75) is 42.1 Å². The van der Waals surface area contributed by atoms with E-state index >= 15 is 0 Å². The van der Waals surface area contributed by atoms with Gasteiger partial charge in [-0.15, -0.1) is 0 Å². The molecule has 0 radical (unpaired) electrons. The molecule has 0 saturated heterocycles. The molecule has 25 heavy (non-hydrogen) atoms. The molecule has 3 rings (SSSR count). The third-order valence-electron chi connectivity index (χ3n) is 3.96. The highest BCUT2D eigenvalue weighted by molar-refractivity contribution is 7.98. The molecule has 132 valence electrons. The summed E-state index contributed by atoms with van der Waals surface area (Å²) in [6, 6.07) is 15.1. The van der Waals surface area contributed by atoms with Crippen molar-refractivity contribution in [1.82, 2.24) is 9.55 Å². The van der Waals surface area contributed by atoms with Gasteiger partial charge in [0, 0.05) is 12.3 Å². The number of nitrogens with two attached hydrogens (primary N) is 1. The average molecular weight is 376 g/mol. The highest BCUT2D eigenvalue weighted by atomic mass is 32.2. The summed E-state index contributed by atoms with van der Waals surface area (Å²) in [5, 5.41) is 6.14. The van der Waals surface area contributed by atoms with Crippen molar-refractivity contribution in [2.24, 2.45) is 5.14 Å². The normalized spacial score (nSPS) is 11.9. The van der Waals surface area contributed by atoms with Gasteiger partial charge in [0.1, 0.15) is 0 Å². The Balaban J connectivity index is 1.97. The fraction of sp³-hybridized carbons (Fsp3) is 0.278. The molecular formula is C18H21N3O2S2. The zero-order chi connectivity index (χ0) is 17.9. The SMILES string of the molecule is CCCCn1c(SCc2ccccc2)nc2cc(S(N)(=O)=O)ccc21. The van der Waals surface area contributed by atoms with Crippen LogP contribution in [0.2, 0.25) is 0 Å². The van der Waals surface area contributed by atoms with Crippen LogP contribution in [0.25, 0.3) is 11.0 Å². The van der Waals surface area contributed by atoms with Gasteiger partial charge in [-0.3, -0.25) is 0 Å². The van der Waals surface area contributed by atoms with Gasteiger partial charge in [-0.2, -0.15) is 0 Å². The zero-order valence-corrected chi connectivity index (χ0v) is 15.7. The van der Waals surface area contributed by atoms with Crippen LogP contribution >= 0.6 is 11.8 Å². The number of sulfonamides is 1. The fourth-order valence-electron chi connectivity index (χ4n) is 2.63. The van der Waals surface area contributed by atoms with Crippen molar-refractivity contribution in [3.63, 3.8) is 0 Å². The van der Waals surface area contributed by atoms with Gasteiger partial charge in [0.25, 0.3) is 0 Å². The van der Waals surface area contributed by atoms with Crippen LogP contribution in [0.1, 0.15) is 25.3 Å². The molecule has 0 aliphatic rings. The first kappa shape index (κ1) is 18.0. The molecule has 1 heterocycles. The topological polar surface area (TPSA) is 78.0 Å². The lowest BCUT2D eigenvalue weighted by Gasteiger charge is -2.08. The Morgan fingerprint density at radius 2 is 1.92 bits per heavy atom. The van der Waals surface area contributed by atoms with Gasteiger partial charge in [0.2, 0.25) is 10.0 Å². The van der Waals surface area contributed by atoms with Crippen molar-refractivity contribution in [3.8, 4) is 0 Å². The maximum Gasteiger partial charge on any atom is 0.238 e. The number of benzene rings is 2. The maximum absolute atomic E-state index is 11.6. The van der Waals surface area contributed by atoms with Crippen LogP contribution in [0.15, 0.2) is 58.6 Å². The first-order chi connectivity index (χ1) is 12.0. The third kappa shape index (κ3) is 4.23. The van der Waals surface area contributed by atoms with E-state index in [0.717, 1.165) is 35.8 Å². The second-order valence-corrected chi connectivity index (χ2v) is 8.37. The summed E-state index contributed by atoms with van der Waals surface area (Å²) in [4.78, 5) is 4.76. The van der Waals surface area contributed by atoms with Crippen LogP contribution in [0.3, 0.4) is 0 Å². The van der Waals surface area contributed by atoms with E-state index in [4.69, 9.17) is 5.14 Å². The molecule has 0 amide bonds. The summed E-state index contributed by atoms with van der Waals surface area (Å²) in [5.74, 6) is 0.818. The maximum atomic E-state index is 11.6. The Morgan fingerprint density at radius 3 is 2.60 bits per heavy atom. The van der Waals surface area contributed by atoms with Crippen LogP contribution in [0.5, 0.6) is 0 Å². The molecule has 2 aromatic carbocycles. The van der Waals surface area contributed by atoms with Crippen LogP contribution in [-0.2, 0) is 22.3 Å². The number of hydrogen-bond donors (Lipinski definition) is 1. The predicted octanol–water partition coefficient (Wildman–Crippen LogP) is 3.78. The molecule has 0 atom stereocenters. The lowest BCUT2D eigenvalue weighted by atomic mass is 10.2. The molecule has 2 N–H and O–H groups in total. The van der Waals surface area contributed by atoms with Crippen molar-refractivity contribution < 1.29 is 8.42 Å². The number of nitrogens with zero attached hydrogens (tertiary/aromatic N) is 2. The minimum Gasteiger partial charge on any atom is -0.319 e. The molecule has 3 aromatic rings. The Morgan fingerprint density at radius 1 is 1.16 bits per heavy atom. The number of primary sulfonamides is 1. The van der Waals surface area contributed by atoms with Gasteiger partial charge < -0.3 is 4.57 Å². The van der Waals surface area contributed by atoms with Gasteiger partial charge in [-0.25, -0.2) is 18.5 Å². The molecule has 0 aliphatic carbocycles. The first-order valence-corrected chi connectivity index (χ1v) is 10.7. The van der Waals surface area contributed by atoms with E-state index in [1.54, 1.807) is 30.0 Å². The second-order valence-electron chi connectivity index (χ2n) is 5.87. The number of aromatic nitrogens is 2. The molecule has 0 fully saturated rings. The first-order valence-electron chi connectivity index (χ1n) is 8.19. The Labute approximate surface area is 152 Å². The van der Waals surface area contributed by atoms with E-state index in [1.807, 2.05) is 18.2 Å². The summed E-state index contributed by atoms with van der Waals surface area (Å²) in [6.45, 7) is 3.01. The van der Waals surface area contributed by atoms with Gasteiger partial charge >= 0.3 is 0 Å². The molecule has 0 unspecified atom stereocenters. The number of fused-ring (bicyclic) bond motifs is 1. The van der Waals surface area contributed by atoms with E-state index in [0.29, 0.717) is 5.52 Å². The zero-order valence-electron chi connectivity index (χ0n) is 14.1. The van der Waals surface area contributed by atoms with Crippen LogP contribution in [0, 0.1) is 0 Å². The second kappa shape index (κ2) is 7.59. The Bertz CT molecular complexity index is 967. The third-order valence-corrected chi connectivity index (χ3v) is 5.92. The van der Waals surface area contributed by atoms with E-state index in [9.17, 15) is 8.42 Å². The highest BCUT2D eigenvalue weighted by Crippen LogP contribution is 2.28. The number of thioether (sulfide) groups is 1. The van der Waals surface area contributed by atoms with E-state index in [1.165, 1.54) is 5.56 Å². The summed E-state index contributed by atoms with van der Waals surface area (Å²) < 4.78 is 25.3. The van der Waals surface area contributed by atoms with Gasteiger partial charge in [0.15, 0.2) is 5.16 Å². The van der Waals surface area contributed by atoms with E-state index in [-0.39, 0.29) is 4.90 Å². The number of rotatable bonds is 7. The van der Waals surface area contributed by atoms with Crippen molar-refractivity contribution in [1.29, 1.82) is 0 Å². The Kier molecular flexibility index (Phi) is 5.46. The molecule has 0 aliphatic heterocycles. The fourth-order valence-corrected chi connectivity index (χ4v) is 4.16. The lowest BCUT2D eigenvalue weighted by Crippen LogP contribution is -2.11. The molecule has 7 heteroatoms. The van der Waals surface area contributed by atoms with Crippen molar-refractivity contribution >= 4 is 32.8 Å². The minimum absolute atomic E-state index is 0.0970. The van der Waals surface area contributed by atoms with Crippen molar-refractivity contribution in [3.05, 3.63) is 54.1 Å². The molecule has 0 saturated carbocycles. The molecule has 5 nitrogen and oxygen atoms in total. The van der Waals surface area contributed by atoms with Gasteiger partial charge in [-0.05, 0) is 30.2 Å². The monoisotopic (exact) mass is 375 g/mol. The minimum atomic E-state index is -3.73. The van der Waals surface area contributed by atoms with Crippen molar-refractivity contribution in [2.75, 3.05) is 0 Å². The lowest BCUT2D eigenvalue weighted by molar-refractivity contribution is 0.597. The summed E-state index contributed by atoms with van der Waals surface area (Å²) in [7, 11) is -3.73. The predicted molar refractivity (Wildman–Crippen MR) is 102 cm³/mol. The summed E-state index contributed by atoms with van der Waals surface area (Å²) in [5.41, 5.74) is 2.83. The molecular weight excluding hydrogens is 354 g/mol.